The quantitative estimate of drug-likeness (QED) is 0.698. The third-order valence-electron chi connectivity index (χ3n) is 3.19. The fourth-order valence-corrected chi connectivity index (χ4v) is 2.00. The molecular weight excluding hydrogens is 226 g/mol. The number of ether oxygens (including phenoxy) is 1. The van der Waals surface area contributed by atoms with Gasteiger partial charge in [0.05, 0.1) is 13.2 Å². The molecule has 3 nitrogen and oxygen atoms in total. The first-order valence-electron chi connectivity index (χ1n) is 6.78. The van der Waals surface area contributed by atoms with Crippen molar-refractivity contribution in [3.63, 3.8) is 0 Å². The summed E-state index contributed by atoms with van der Waals surface area (Å²) in [6, 6.07) is 7.74. The number of methoxy groups -OCH3 is 1. The van der Waals surface area contributed by atoms with Crippen molar-refractivity contribution in [1.82, 2.24) is 5.32 Å². The van der Waals surface area contributed by atoms with Crippen molar-refractivity contribution in [2.24, 2.45) is 0 Å². The topological polar surface area (TPSA) is 41.5 Å². The van der Waals surface area contributed by atoms with E-state index in [1.54, 1.807) is 7.11 Å². The van der Waals surface area contributed by atoms with E-state index in [4.69, 9.17) is 4.74 Å². The molecule has 0 aliphatic rings. The molecule has 0 saturated heterocycles. The summed E-state index contributed by atoms with van der Waals surface area (Å²) in [5.41, 5.74) is 0.908. The highest BCUT2D eigenvalue weighted by atomic mass is 16.5. The number of hydrogen-bond donors (Lipinski definition) is 2. The molecule has 0 aliphatic heterocycles. The van der Waals surface area contributed by atoms with Crippen LogP contribution in [0.25, 0.3) is 0 Å². The molecule has 0 heterocycles. The molecule has 3 heteroatoms. The molecule has 2 N–H and O–H groups in total. The maximum Gasteiger partial charge on any atom is 0.119 e. The summed E-state index contributed by atoms with van der Waals surface area (Å²) < 4.78 is 5.19. The maximum absolute atomic E-state index is 10.4. The van der Waals surface area contributed by atoms with E-state index < -0.39 is 6.10 Å². The average Bonchev–Trinajstić information content (AvgIpc) is 2.43. The van der Waals surface area contributed by atoms with Crippen molar-refractivity contribution in [2.75, 3.05) is 13.7 Å². The van der Waals surface area contributed by atoms with E-state index in [2.05, 4.69) is 19.2 Å². The van der Waals surface area contributed by atoms with Crippen LogP contribution >= 0.6 is 0 Å². The average molecular weight is 251 g/mol. The molecule has 0 fully saturated rings. The van der Waals surface area contributed by atoms with Gasteiger partial charge in [-0.05, 0) is 37.1 Å². The second-order valence-electron chi connectivity index (χ2n) is 4.54. The Balaban J connectivity index is 2.66. The molecule has 0 radical (unpaired) electrons. The van der Waals surface area contributed by atoms with Crippen LogP contribution < -0.4 is 10.1 Å². The number of benzene rings is 1. The highest BCUT2D eigenvalue weighted by molar-refractivity contribution is 5.30. The zero-order chi connectivity index (χ0) is 13.4. The number of hydrogen-bond acceptors (Lipinski definition) is 3. The molecule has 0 aliphatic carbocycles. The minimum atomic E-state index is -0.484. The molecular formula is C15H25NO2. The van der Waals surface area contributed by atoms with Gasteiger partial charge in [0.1, 0.15) is 5.75 Å². The third kappa shape index (κ3) is 4.31. The maximum atomic E-state index is 10.4. The van der Waals surface area contributed by atoms with E-state index in [0.717, 1.165) is 30.7 Å². The minimum Gasteiger partial charge on any atom is -0.497 e. The Labute approximate surface area is 110 Å². The molecule has 0 spiro atoms. The van der Waals surface area contributed by atoms with Gasteiger partial charge in [-0.15, -0.1) is 0 Å². The van der Waals surface area contributed by atoms with E-state index in [1.165, 1.54) is 6.42 Å². The normalized spacial score (nSPS) is 14.2. The van der Waals surface area contributed by atoms with Crippen LogP contribution in [-0.4, -0.2) is 24.8 Å². The molecule has 18 heavy (non-hydrogen) atoms. The first-order chi connectivity index (χ1) is 8.72. The van der Waals surface area contributed by atoms with Crippen LogP contribution in [0.1, 0.15) is 44.8 Å². The fraction of sp³-hybridized carbons (Fsp3) is 0.600. The molecule has 1 rings (SSSR count). The van der Waals surface area contributed by atoms with Gasteiger partial charge in [-0.3, -0.25) is 0 Å². The second-order valence-corrected chi connectivity index (χ2v) is 4.54. The van der Waals surface area contributed by atoms with Crippen molar-refractivity contribution < 1.29 is 9.84 Å². The Hall–Kier alpha value is -1.06. The van der Waals surface area contributed by atoms with Crippen LogP contribution in [0.3, 0.4) is 0 Å². The summed E-state index contributed by atoms with van der Waals surface area (Å²) in [5.74, 6) is 0.787. The Kier molecular flexibility index (Phi) is 6.76. The predicted octanol–water partition coefficient (Wildman–Crippen LogP) is 2.90. The summed E-state index contributed by atoms with van der Waals surface area (Å²) in [5, 5.41) is 13.8. The summed E-state index contributed by atoms with van der Waals surface area (Å²) in [6.45, 7) is 5.21. The number of aliphatic hydroxyl groups is 1. The van der Waals surface area contributed by atoms with E-state index in [1.807, 2.05) is 24.3 Å². The number of aliphatic hydroxyl groups excluding tert-OH is 1. The van der Waals surface area contributed by atoms with Crippen LogP contribution in [0.5, 0.6) is 5.75 Å². The van der Waals surface area contributed by atoms with Crippen molar-refractivity contribution in [3.8, 4) is 5.75 Å². The smallest absolute Gasteiger partial charge is 0.119 e. The van der Waals surface area contributed by atoms with Gasteiger partial charge in [0, 0.05) is 6.04 Å². The van der Waals surface area contributed by atoms with Crippen LogP contribution in [0, 0.1) is 0 Å². The highest BCUT2D eigenvalue weighted by Gasteiger charge is 2.18. The highest BCUT2D eigenvalue weighted by Crippen LogP contribution is 2.22. The first kappa shape index (κ1) is 15.0. The lowest BCUT2D eigenvalue weighted by Crippen LogP contribution is -2.35. The molecule has 2 unspecified atom stereocenters. The van der Waals surface area contributed by atoms with E-state index in [-0.39, 0.29) is 6.04 Å². The SMILES string of the molecule is CCCCNC(CC)C(O)c1cccc(OC)c1. The fourth-order valence-electron chi connectivity index (χ4n) is 2.00. The van der Waals surface area contributed by atoms with Gasteiger partial charge in [0.2, 0.25) is 0 Å². The summed E-state index contributed by atoms with van der Waals surface area (Å²) in [4.78, 5) is 0. The standard InChI is InChI=1S/C15H25NO2/c1-4-6-10-16-14(5-2)15(17)12-8-7-9-13(11-12)18-3/h7-9,11,14-17H,4-6,10H2,1-3H3. The monoisotopic (exact) mass is 251 g/mol. The predicted molar refractivity (Wildman–Crippen MR) is 74.9 cm³/mol. The van der Waals surface area contributed by atoms with Gasteiger partial charge in [-0.25, -0.2) is 0 Å². The molecule has 1 aromatic rings. The second kappa shape index (κ2) is 8.11. The van der Waals surface area contributed by atoms with Crippen molar-refractivity contribution in [2.45, 2.75) is 45.3 Å². The summed E-state index contributed by atoms with van der Waals surface area (Å²) in [7, 11) is 1.64. The zero-order valence-electron chi connectivity index (χ0n) is 11.6. The Morgan fingerprint density at radius 3 is 2.72 bits per heavy atom. The molecule has 0 aromatic heterocycles. The zero-order valence-corrected chi connectivity index (χ0v) is 11.6. The Morgan fingerprint density at radius 2 is 2.11 bits per heavy atom. The molecule has 0 bridgehead atoms. The molecule has 2 atom stereocenters. The third-order valence-corrected chi connectivity index (χ3v) is 3.19. The number of unbranched alkanes of at least 4 members (excludes halogenated alkanes) is 1. The minimum absolute atomic E-state index is 0.101. The number of rotatable bonds is 8. The molecule has 0 amide bonds. The summed E-state index contributed by atoms with van der Waals surface area (Å²) >= 11 is 0. The van der Waals surface area contributed by atoms with Crippen LogP contribution in [0.4, 0.5) is 0 Å². The first-order valence-corrected chi connectivity index (χ1v) is 6.78. The van der Waals surface area contributed by atoms with Gasteiger partial charge >= 0.3 is 0 Å². The van der Waals surface area contributed by atoms with Crippen molar-refractivity contribution >= 4 is 0 Å². The van der Waals surface area contributed by atoms with Crippen LogP contribution in [0.2, 0.25) is 0 Å². The summed E-state index contributed by atoms with van der Waals surface area (Å²) in [6.07, 6.45) is 2.73. The van der Waals surface area contributed by atoms with Gasteiger partial charge < -0.3 is 15.2 Å². The van der Waals surface area contributed by atoms with Crippen LogP contribution in [0.15, 0.2) is 24.3 Å². The largest absolute Gasteiger partial charge is 0.497 e. The van der Waals surface area contributed by atoms with E-state index >= 15 is 0 Å². The van der Waals surface area contributed by atoms with Gasteiger partial charge in [-0.2, -0.15) is 0 Å². The molecule has 1 aromatic carbocycles. The molecule has 0 saturated carbocycles. The lowest BCUT2D eigenvalue weighted by Gasteiger charge is -2.23. The Morgan fingerprint density at radius 1 is 1.33 bits per heavy atom. The van der Waals surface area contributed by atoms with Gasteiger partial charge in [0.25, 0.3) is 0 Å². The number of nitrogens with one attached hydrogen (secondary N) is 1. The van der Waals surface area contributed by atoms with E-state index in [0.29, 0.717) is 0 Å². The molecule has 102 valence electrons. The lowest BCUT2D eigenvalue weighted by atomic mass is 10.00. The lowest BCUT2D eigenvalue weighted by molar-refractivity contribution is 0.125. The van der Waals surface area contributed by atoms with Gasteiger partial charge in [0.15, 0.2) is 0 Å². The van der Waals surface area contributed by atoms with Gasteiger partial charge in [-0.1, -0.05) is 32.4 Å². The van der Waals surface area contributed by atoms with E-state index in [9.17, 15) is 5.11 Å². The van der Waals surface area contributed by atoms with Crippen molar-refractivity contribution in [3.05, 3.63) is 29.8 Å². The van der Waals surface area contributed by atoms with Crippen molar-refractivity contribution in [1.29, 1.82) is 0 Å². The Bertz CT molecular complexity index is 341. The van der Waals surface area contributed by atoms with Crippen LogP contribution in [-0.2, 0) is 0 Å².